The van der Waals surface area contributed by atoms with E-state index in [9.17, 15) is 14.4 Å². The van der Waals surface area contributed by atoms with E-state index in [0.717, 1.165) is 17.6 Å². The summed E-state index contributed by atoms with van der Waals surface area (Å²) in [6.07, 6.45) is 1.67. The Morgan fingerprint density at radius 1 is 0.759 bits per heavy atom. The molecule has 0 rings (SSSR count). The predicted octanol–water partition coefficient (Wildman–Crippen LogP) is 6.84. The van der Waals surface area contributed by atoms with E-state index in [-0.39, 0.29) is 58.3 Å². The standard InChI is InChI=1S/C26H46O3/c1-13-21(25(7,8)9)23(28)15-22(26(10,11)12)24(29)18(5)20(16(2)3)14-17(4)19(6)27/h16-17,21-22H,13-15H2,1-12H3/b20-18-. The number of carbonyl (C=O) groups excluding carboxylic acids is 3. The zero-order valence-corrected chi connectivity index (χ0v) is 21.2. The van der Waals surface area contributed by atoms with Crippen LogP contribution in [-0.2, 0) is 14.4 Å². The van der Waals surface area contributed by atoms with Crippen molar-refractivity contribution in [2.24, 2.45) is 34.5 Å². The molecule has 0 fully saturated rings. The van der Waals surface area contributed by atoms with Gasteiger partial charge in [0.25, 0.3) is 0 Å². The molecule has 0 aliphatic heterocycles. The largest absolute Gasteiger partial charge is 0.300 e. The van der Waals surface area contributed by atoms with Crippen molar-refractivity contribution >= 4 is 17.3 Å². The van der Waals surface area contributed by atoms with Crippen molar-refractivity contribution < 1.29 is 14.4 Å². The highest BCUT2D eigenvalue weighted by Gasteiger charge is 2.38. The van der Waals surface area contributed by atoms with Crippen molar-refractivity contribution in [3.63, 3.8) is 0 Å². The van der Waals surface area contributed by atoms with Gasteiger partial charge in [0.2, 0.25) is 0 Å². The molecular weight excluding hydrogens is 360 g/mol. The molecule has 0 spiro atoms. The fourth-order valence-electron chi connectivity index (χ4n) is 4.17. The van der Waals surface area contributed by atoms with Crippen molar-refractivity contribution in [1.82, 2.24) is 0 Å². The number of Topliss-reactive ketones (excluding diaryl/α,β-unsaturated/α-hetero) is 3. The maximum absolute atomic E-state index is 13.6. The van der Waals surface area contributed by atoms with Gasteiger partial charge < -0.3 is 0 Å². The molecule has 0 saturated heterocycles. The van der Waals surface area contributed by atoms with Gasteiger partial charge >= 0.3 is 0 Å². The predicted molar refractivity (Wildman–Crippen MR) is 123 cm³/mol. The van der Waals surface area contributed by atoms with Crippen LogP contribution in [0.15, 0.2) is 11.1 Å². The summed E-state index contributed by atoms with van der Waals surface area (Å²) < 4.78 is 0. The Labute approximate surface area is 180 Å². The molecule has 0 radical (unpaired) electrons. The Bertz CT molecular complexity index is 623. The van der Waals surface area contributed by atoms with E-state index in [4.69, 9.17) is 0 Å². The summed E-state index contributed by atoms with van der Waals surface area (Å²) in [6, 6.07) is 0. The Hall–Kier alpha value is -1.25. The third kappa shape index (κ3) is 8.18. The average molecular weight is 407 g/mol. The van der Waals surface area contributed by atoms with Gasteiger partial charge in [-0.25, -0.2) is 0 Å². The molecule has 0 aromatic carbocycles. The minimum absolute atomic E-state index is 0.0493. The van der Waals surface area contributed by atoms with Gasteiger partial charge in [0.05, 0.1) is 0 Å². The Balaban J connectivity index is 6.02. The maximum atomic E-state index is 13.6. The smallest absolute Gasteiger partial charge is 0.162 e. The zero-order valence-electron chi connectivity index (χ0n) is 21.2. The molecule has 29 heavy (non-hydrogen) atoms. The number of hydrogen-bond acceptors (Lipinski definition) is 3. The van der Waals surface area contributed by atoms with E-state index in [1.165, 1.54) is 0 Å². The first-order chi connectivity index (χ1) is 12.9. The first-order valence-corrected chi connectivity index (χ1v) is 11.2. The van der Waals surface area contributed by atoms with Crippen molar-refractivity contribution in [3.8, 4) is 0 Å². The molecule has 3 heteroatoms. The Kier molecular flexibility index (Phi) is 10.2. The fourth-order valence-corrected chi connectivity index (χ4v) is 4.17. The molecule has 0 amide bonds. The van der Waals surface area contributed by atoms with Crippen molar-refractivity contribution in [3.05, 3.63) is 11.1 Å². The van der Waals surface area contributed by atoms with Crippen molar-refractivity contribution in [2.45, 2.75) is 102 Å². The van der Waals surface area contributed by atoms with Gasteiger partial charge in [-0.3, -0.25) is 14.4 Å². The van der Waals surface area contributed by atoms with E-state index in [1.54, 1.807) is 6.92 Å². The first-order valence-electron chi connectivity index (χ1n) is 11.2. The quantitative estimate of drug-likeness (QED) is 0.373. The van der Waals surface area contributed by atoms with E-state index in [2.05, 4.69) is 34.6 Å². The first kappa shape index (κ1) is 27.8. The Morgan fingerprint density at radius 3 is 1.52 bits per heavy atom. The van der Waals surface area contributed by atoms with E-state index >= 15 is 0 Å². The molecule has 3 unspecified atom stereocenters. The van der Waals surface area contributed by atoms with E-state index in [1.807, 2.05) is 41.5 Å². The molecule has 0 heterocycles. The lowest BCUT2D eigenvalue weighted by molar-refractivity contribution is -0.133. The van der Waals surface area contributed by atoms with Gasteiger partial charge in [-0.15, -0.1) is 0 Å². The highest BCUT2D eigenvalue weighted by Crippen LogP contribution is 2.38. The van der Waals surface area contributed by atoms with Gasteiger partial charge in [0.15, 0.2) is 5.78 Å². The lowest BCUT2D eigenvalue weighted by Gasteiger charge is -2.34. The second kappa shape index (κ2) is 10.7. The summed E-state index contributed by atoms with van der Waals surface area (Å²) in [7, 11) is 0. The Morgan fingerprint density at radius 2 is 1.21 bits per heavy atom. The molecule has 0 N–H and O–H groups in total. The number of allylic oxidation sites excluding steroid dienone is 2. The highest BCUT2D eigenvalue weighted by atomic mass is 16.1. The van der Waals surface area contributed by atoms with Crippen LogP contribution in [0.1, 0.15) is 102 Å². The van der Waals surface area contributed by atoms with Crippen LogP contribution in [0.3, 0.4) is 0 Å². The molecule has 0 aliphatic carbocycles. The number of rotatable bonds is 10. The van der Waals surface area contributed by atoms with E-state index in [0.29, 0.717) is 6.42 Å². The lowest BCUT2D eigenvalue weighted by atomic mass is 9.68. The fraction of sp³-hybridized carbons (Fsp3) is 0.808. The van der Waals surface area contributed by atoms with Crippen LogP contribution in [0.4, 0.5) is 0 Å². The topological polar surface area (TPSA) is 51.2 Å². The monoisotopic (exact) mass is 406 g/mol. The van der Waals surface area contributed by atoms with Crippen LogP contribution >= 0.6 is 0 Å². The second-order valence-electron chi connectivity index (χ2n) is 11.3. The molecule has 0 aromatic heterocycles. The van der Waals surface area contributed by atoms with Gasteiger partial charge in [-0.05, 0) is 49.0 Å². The molecule has 0 bridgehead atoms. The molecule has 3 nitrogen and oxygen atoms in total. The number of ketones is 3. The third-order valence-corrected chi connectivity index (χ3v) is 6.38. The summed E-state index contributed by atoms with van der Waals surface area (Å²) >= 11 is 0. The van der Waals surface area contributed by atoms with Gasteiger partial charge in [0.1, 0.15) is 11.6 Å². The summed E-state index contributed by atoms with van der Waals surface area (Å²) in [5, 5.41) is 0. The molecule has 0 aliphatic rings. The van der Waals surface area contributed by atoms with Gasteiger partial charge in [0, 0.05) is 24.2 Å². The normalized spacial score (nSPS) is 16.9. The minimum Gasteiger partial charge on any atom is -0.300 e. The summed E-state index contributed by atoms with van der Waals surface area (Å²) in [5.74, 6) is 0.0741. The third-order valence-electron chi connectivity index (χ3n) is 6.38. The minimum atomic E-state index is -0.354. The number of hydrogen-bond donors (Lipinski definition) is 0. The average Bonchev–Trinajstić information content (AvgIpc) is 2.53. The molecule has 0 saturated carbocycles. The van der Waals surface area contributed by atoms with Crippen LogP contribution in [0, 0.1) is 34.5 Å². The van der Waals surface area contributed by atoms with Crippen LogP contribution in [0.25, 0.3) is 0 Å². The zero-order chi connectivity index (χ0) is 23.3. The van der Waals surface area contributed by atoms with Crippen LogP contribution in [0.2, 0.25) is 0 Å². The summed E-state index contributed by atoms with van der Waals surface area (Å²) in [4.78, 5) is 38.5. The van der Waals surface area contributed by atoms with Gasteiger partial charge in [-0.2, -0.15) is 0 Å². The van der Waals surface area contributed by atoms with Crippen LogP contribution < -0.4 is 0 Å². The van der Waals surface area contributed by atoms with Gasteiger partial charge in [-0.1, -0.05) is 74.8 Å². The highest BCUT2D eigenvalue weighted by molar-refractivity contribution is 6.00. The number of carbonyl (C=O) groups is 3. The SMILES string of the molecule is CCC(C(=O)CC(C(=O)/C(C)=C(/CC(C)C(C)=O)C(C)C)C(C)(C)C)C(C)(C)C. The second-order valence-corrected chi connectivity index (χ2v) is 11.3. The van der Waals surface area contributed by atoms with Crippen LogP contribution in [0.5, 0.6) is 0 Å². The molecule has 168 valence electrons. The van der Waals surface area contributed by atoms with Crippen molar-refractivity contribution in [2.75, 3.05) is 0 Å². The summed E-state index contributed by atoms with van der Waals surface area (Å²) in [5.41, 5.74) is 1.37. The molecule has 3 atom stereocenters. The molecular formula is C26H46O3. The van der Waals surface area contributed by atoms with E-state index < -0.39 is 0 Å². The lowest BCUT2D eigenvalue weighted by Crippen LogP contribution is -2.36. The summed E-state index contributed by atoms with van der Waals surface area (Å²) in [6.45, 7) is 24.0. The van der Waals surface area contributed by atoms with Crippen molar-refractivity contribution in [1.29, 1.82) is 0 Å². The maximum Gasteiger partial charge on any atom is 0.162 e. The van der Waals surface area contributed by atoms with Crippen LogP contribution in [-0.4, -0.2) is 17.3 Å². The molecule has 0 aromatic rings.